The van der Waals surface area contributed by atoms with E-state index in [0.29, 0.717) is 28.2 Å². The van der Waals surface area contributed by atoms with Crippen molar-refractivity contribution >= 4 is 39.8 Å². The van der Waals surface area contributed by atoms with Gasteiger partial charge in [-0.05, 0) is 49.7 Å². The van der Waals surface area contributed by atoms with E-state index in [1.165, 1.54) is 23.1 Å². The lowest BCUT2D eigenvalue weighted by Crippen LogP contribution is -2.14. The Morgan fingerprint density at radius 1 is 1.10 bits per heavy atom. The molecule has 0 atom stereocenters. The SMILES string of the molecule is CCCc1nnc(NC(=O)CSc2ccc3nnc(-c4ccc(OCC)cc4)n3n2)s1. The van der Waals surface area contributed by atoms with E-state index in [2.05, 4.69) is 37.7 Å². The summed E-state index contributed by atoms with van der Waals surface area (Å²) in [5, 5.41) is 26.0. The van der Waals surface area contributed by atoms with E-state index >= 15 is 0 Å². The molecule has 160 valence electrons. The van der Waals surface area contributed by atoms with Gasteiger partial charge in [0.05, 0.1) is 12.4 Å². The molecule has 0 spiro atoms. The number of hydrogen-bond donors (Lipinski definition) is 1. The van der Waals surface area contributed by atoms with Crippen LogP contribution in [-0.2, 0) is 11.2 Å². The van der Waals surface area contributed by atoms with E-state index in [1.54, 1.807) is 4.52 Å². The number of nitrogens with one attached hydrogen (secondary N) is 1. The smallest absolute Gasteiger partial charge is 0.236 e. The van der Waals surface area contributed by atoms with Gasteiger partial charge < -0.3 is 4.74 Å². The predicted molar refractivity (Wildman–Crippen MR) is 121 cm³/mol. The number of amides is 1. The van der Waals surface area contributed by atoms with E-state index in [0.717, 1.165) is 29.2 Å². The van der Waals surface area contributed by atoms with Crippen LogP contribution in [0.25, 0.3) is 17.0 Å². The van der Waals surface area contributed by atoms with Gasteiger partial charge >= 0.3 is 0 Å². The Balaban J connectivity index is 1.43. The molecule has 0 saturated heterocycles. The maximum absolute atomic E-state index is 12.3. The minimum absolute atomic E-state index is 0.151. The summed E-state index contributed by atoms with van der Waals surface area (Å²) in [6.07, 6.45) is 1.86. The lowest BCUT2D eigenvalue weighted by molar-refractivity contribution is -0.113. The number of rotatable bonds is 9. The number of carbonyl (C=O) groups excluding carboxylic acids is 1. The zero-order chi connectivity index (χ0) is 21.6. The van der Waals surface area contributed by atoms with Gasteiger partial charge in [-0.3, -0.25) is 10.1 Å². The van der Waals surface area contributed by atoms with Crippen molar-refractivity contribution in [3.8, 4) is 17.1 Å². The maximum Gasteiger partial charge on any atom is 0.236 e. The number of hydrogen-bond acceptors (Lipinski definition) is 9. The molecule has 0 unspecified atom stereocenters. The van der Waals surface area contributed by atoms with Crippen LogP contribution >= 0.6 is 23.1 Å². The largest absolute Gasteiger partial charge is 0.494 e. The highest BCUT2D eigenvalue weighted by molar-refractivity contribution is 7.99. The molecule has 3 aromatic heterocycles. The molecule has 0 radical (unpaired) electrons. The fourth-order valence-electron chi connectivity index (χ4n) is 2.81. The first-order valence-electron chi connectivity index (χ1n) is 9.87. The van der Waals surface area contributed by atoms with E-state index < -0.39 is 0 Å². The van der Waals surface area contributed by atoms with Gasteiger partial charge in [-0.15, -0.1) is 20.4 Å². The first kappa shape index (κ1) is 21.2. The van der Waals surface area contributed by atoms with Crippen LogP contribution < -0.4 is 10.1 Å². The standard InChI is InChI=1S/C20H21N7O2S2/c1-3-5-17-23-25-20(31-17)21-16(28)12-30-18-11-10-15-22-24-19(27(15)26-18)13-6-8-14(9-7-13)29-4-2/h6-11H,3-5,12H2,1-2H3,(H,21,25,28). The minimum Gasteiger partial charge on any atom is -0.494 e. The molecule has 1 amide bonds. The predicted octanol–water partition coefficient (Wildman–Crippen LogP) is 3.72. The van der Waals surface area contributed by atoms with Crippen molar-refractivity contribution in [3.63, 3.8) is 0 Å². The van der Waals surface area contributed by atoms with E-state index in [4.69, 9.17) is 4.74 Å². The summed E-state index contributed by atoms with van der Waals surface area (Å²) in [5.41, 5.74) is 1.51. The molecule has 31 heavy (non-hydrogen) atoms. The number of anilines is 1. The highest BCUT2D eigenvalue weighted by Crippen LogP contribution is 2.23. The molecule has 0 bridgehead atoms. The van der Waals surface area contributed by atoms with E-state index in [9.17, 15) is 4.79 Å². The lowest BCUT2D eigenvalue weighted by atomic mass is 10.2. The Bertz CT molecular complexity index is 1170. The third-order valence-corrected chi connectivity index (χ3v) is 6.01. The third-order valence-electron chi connectivity index (χ3n) is 4.19. The first-order valence-corrected chi connectivity index (χ1v) is 11.7. The zero-order valence-electron chi connectivity index (χ0n) is 17.1. The Morgan fingerprint density at radius 2 is 1.94 bits per heavy atom. The molecule has 9 nitrogen and oxygen atoms in total. The van der Waals surface area contributed by atoms with Crippen molar-refractivity contribution in [2.75, 3.05) is 17.7 Å². The molecule has 1 aromatic carbocycles. The quantitative estimate of drug-likeness (QED) is 0.381. The number of fused-ring (bicyclic) bond motifs is 1. The monoisotopic (exact) mass is 455 g/mol. The van der Waals surface area contributed by atoms with Crippen molar-refractivity contribution in [2.24, 2.45) is 0 Å². The van der Waals surface area contributed by atoms with Crippen LogP contribution in [0.5, 0.6) is 5.75 Å². The van der Waals surface area contributed by atoms with Crippen molar-refractivity contribution < 1.29 is 9.53 Å². The maximum atomic E-state index is 12.3. The third kappa shape index (κ3) is 5.17. The average Bonchev–Trinajstić information content (AvgIpc) is 3.40. The average molecular weight is 456 g/mol. The van der Waals surface area contributed by atoms with Gasteiger partial charge in [-0.1, -0.05) is 30.0 Å². The van der Waals surface area contributed by atoms with Crippen molar-refractivity contribution in [2.45, 2.75) is 31.7 Å². The van der Waals surface area contributed by atoms with Gasteiger partial charge in [0, 0.05) is 12.0 Å². The number of ether oxygens (including phenoxy) is 1. The van der Waals surface area contributed by atoms with Crippen molar-refractivity contribution in [1.82, 2.24) is 30.0 Å². The van der Waals surface area contributed by atoms with Gasteiger partial charge in [0.25, 0.3) is 0 Å². The van der Waals surface area contributed by atoms with Gasteiger partial charge in [-0.25, -0.2) is 0 Å². The van der Waals surface area contributed by atoms with Gasteiger partial charge in [0.1, 0.15) is 15.8 Å². The molecule has 0 fully saturated rings. The Kier molecular flexibility index (Phi) is 6.73. The van der Waals surface area contributed by atoms with E-state index in [-0.39, 0.29) is 11.7 Å². The van der Waals surface area contributed by atoms with Gasteiger partial charge in [0.15, 0.2) is 11.5 Å². The molecular weight excluding hydrogens is 434 g/mol. The molecule has 0 aliphatic carbocycles. The topological polar surface area (TPSA) is 107 Å². The number of thioether (sulfide) groups is 1. The summed E-state index contributed by atoms with van der Waals surface area (Å²) in [6.45, 7) is 4.64. The molecule has 11 heteroatoms. The summed E-state index contributed by atoms with van der Waals surface area (Å²) in [7, 11) is 0. The minimum atomic E-state index is -0.151. The number of benzene rings is 1. The van der Waals surface area contributed by atoms with Crippen molar-refractivity contribution in [3.05, 3.63) is 41.4 Å². The first-order chi connectivity index (χ1) is 15.2. The van der Waals surface area contributed by atoms with Gasteiger partial charge in [-0.2, -0.15) is 9.61 Å². The van der Waals surface area contributed by atoms with Crippen LogP contribution in [0.4, 0.5) is 5.13 Å². The number of carbonyl (C=O) groups is 1. The lowest BCUT2D eigenvalue weighted by Gasteiger charge is -2.05. The second-order valence-corrected chi connectivity index (χ2v) is 8.57. The summed E-state index contributed by atoms with van der Waals surface area (Å²) < 4.78 is 7.17. The van der Waals surface area contributed by atoms with Gasteiger partial charge in [0.2, 0.25) is 11.0 Å². The molecule has 1 N–H and O–H groups in total. The van der Waals surface area contributed by atoms with Crippen LogP contribution in [0.2, 0.25) is 0 Å². The fourth-order valence-corrected chi connectivity index (χ4v) is 4.32. The Labute approximate surface area is 187 Å². The van der Waals surface area contributed by atoms with Crippen LogP contribution in [0.1, 0.15) is 25.3 Å². The second-order valence-electron chi connectivity index (χ2n) is 6.51. The fraction of sp³-hybridized carbons (Fsp3) is 0.300. The molecule has 0 saturated carbocycles. The van der Waals surface area contributed by atoms with Crippen LogP contribution in [-0.4, -0.2) is 48.3 Å². The van der Waals surface area contributed by atoms with Crippen LogP contribution in [0.3, 0.4) is 0 Å². The summed E-state index contributed by atoms with van der Waals surface area (Å²) >= 11 is 2.74. The van der Waals surface area contributed by atoms with Crippen LogP contribution in [0.15, 0.2) is 41.4 Å². The molecule has 4 aromatic rings. The number of nitrogens with zero attached hydrogens (tertiary/aromatic N) is 6. The normalized spacial score (nSPS) is 11.0. The van der Waals surface area contributed by atoms with E-state index in [1.807, 2.05) is 43.3 Å². The number of aryl methyl sites for hydroxylation is 1. The van der Waals surface area contributed by atoms with Crippen LogP contribution in [0, 0.1) is 0 Å². The Morgan fingerprint density at radius 3 is 2.71 bits per heavy atom. The highest BCUT2D eigenvalue weighted by atomic mass is 32.2. The molecule has 3 heterocycles. The Hall–Kier alpha value is -3.05. The molecule has 0 aliphatic heterocycles. The number of aromatic nitrogens is 6. The summed E-state index contributed by atoms with van der Waals surface area (Å²) in [6, 6.07) is 11.3. The highest BCUT2D eigenvalue weighted by Gasteiger charge is 2.13. The molecular formula is C20H21N7O2S2. The summed E-state index contributed by atoms with van der Waals surface area (Å²) in [5.74, 6) is 1.48. The zero-order valence-corrected chi connectivity index (χ0v) is 18.7. The molecule has 0 aliphatic rings. The molecule has 4 rings (SSSR count). The summed E-state index contributed by atoms with van der Waals surface area (Å²) in [4.78, 5) is 12.3. The second kappa shape index (κ2) is 9.84. The van der Waals surface area contributed by atoms with Crippen molar-refractivity contribution in [1.29, 1.82) is 0 Å².